The predicted molar refractivity (Wildman–Crippen MR) is 158 cm³/mol. The third kappa shape index (κ3) is 3.09. The number of nitrogens with one attached hydrogen (secondary N) is 1. The molecule has 8 rings (SSSR count). The lowest BCUT2D eigenvalue weighted by Gasteiger charge is -2.17. The average molecular weight is 488 g/mol. The Morgan fingerprint density at radius 3 is 1.84 bits per heavy atom. The largest absolute Gasteiger partial charge is 0.379 e. The van der Waals surface area contributed by atoms with E-state index in [2.05, 4.69) is 154 Å². The molecule has 0 saturated heterocycles. The van der Waals surface area contributed by atoms with Crippen molar-refractivity contribution in [3.63, 3.8) is 0 Å². The first-order chi connectivity index (χ1) is 18.9. The maximum atomic E-state index is 3.66. The third-order valence-corrected chi connectivity index (χ3v) is 7.76. The highest BCUT2D eigenvalue weighted by Crippen LogP contribution is 2.34. The maximum Gasteiger partial charge on any atom is 0.0703 e. The summed E-state index contributed by atoms with van der Waals surface area (Å²) >= 11 is 0. The average Bonchev–Trinajstić information content (AvgIpc) is 3.49. The molecule has 3 heterocycles. The minimum absolute atomic E-state index is 0.125. The quantitative estimate of drug-likeness (QED) is 0.298. The number of para-hydroxylation sites is 3. The van der Waals surface area contributed by atoms with Crippen LogP contribution in [0.25, 0.3) is 56.4 Å². The zero-order chi connectivity index (χ0) is 25.1. The van der Waals surface area contributed by atoms with Crippen LogP contribution in [0.3, 0.4) is 0 Å². The first-order valence-corrected chi connectivity index (χ1v) is 13.1. The molecule has 1 N–H and O–H groups in total. The molecule has 0 bridgehead atoms. The summed E-state index contributed by atoms with van der Waals surface area (Å²) in [6, 6.07) is 45.7. The smallest absolute Gasteiger partial charge is 0.0703 e. The summed E-state index contributed by atoms with van der Waals surface area (Å²) < 4.78 is 4.78. The van der Waals surface area contributed by atoms with Gasteiger partial charge < -0.3 is 14.5 Å². The van der Waals surface area contributed by atoms with E-state index in [1.807, 2.05) is 0 Å². The number of nitrogens with zero attached hydrogens (tertiary/aromatic N) is 2. The van der Waals surface area contributed by atoms with E-state index in [1.54, 1.807) is 0 Å². The van der Waals surface area contributed by atoms with Gasteiger partial charge in [0.1, 0.15) is 0 Å². The molecule has 0 aliphatic carbocycles. The minimum atomic E-state index is 0.125. The molecule has 0 fully saturated rings. The molecule has 0 radical (unpaired) electrons. The number of hydrogen-bond donors (Lipinski definition) is 1. The lowest BCUT2D eigenvalue weighted by molar-refractivity contribution is 0.806. The predicted octanol–water partition coefficient (Wildman–Crippen LogP) is 6.59. The fourth-order valence-electron chi connectivity index (χ4n) is 6.06. The Bertz CT molecular complexity index is 2080. The van der Waals surface area contributed by atoms with Crippen molar-refractivity contribution in [3.8, 4) is 11.4 Å². The lowest BCUT2D eigenvalue weighted by Crippen LogP contribution is -2.37. The van der Waals surface area contributed by atoms with Gasteiger partial charge in [0, 0.05) is 39.0 Å². The van der Waals surface area contributed by atoms with Crippen molar-refractivity contribution in [3.05, 3.63) is 144 Å². The fraction of sp³-hybridized carbons (Fsp3) is 0.0286. The maximum absolute atomic E-state index is 3.66. The molecule has 1 atom stereocenters. The van der Waals surface area contributed by atoms with E-state index in [0.29, 0.717) is 0 Å². The summed E-state index contributed by atoms with van der Waals surface area (Å²) in [4.78, 5) is 0. The second-order valence-electron chi connectivity index (χ2n) is 9.91. The van der Waals surface area contributed by atoms with Gasteiger partial charge in [-0.05, 0) is 54.1 Å². The summed E-state index contributed by atoms with van der Waals surface area (Å²) in [7, 11) is 0. The molecule has 3 heteroatoms. The van der Waals surface area contributed by atoms with Gasteiger partial charge in [-0.25, -0.2) is 0 Å². The van der Waals surface area contributed by atoms with E-state index in [1.165, 1.54) is 54.5 Å². The second-order valence-corrected chi connectivity index (χ2v) is 9.91. The van der Waals surface area contributed by atoms with Gasteiger partial charge in [0.15, 0.2) is 0 Å². The van der Waals surface area contributed by atoms with Crippen LogP contribution in [0.4, 0.5) is 0 Å². The first kappa shape index (κ1) is 21.1. The highest BCUT2D eigenvalue weighted by molar-refractivity contribution is 6.13. The van der Waals surface area contributed by atoms with Gasteiger partial charge in [-0.15, -0.1) is 0 Å². The van der Waals surface area contributed by atoms with Crippen LogP contribution >= 0.6 is 0 Å². The Morgan fingerprint density at radius 2 is 1.11 bits per heavy atom. The van der Waals surface area contributed by atoms with Gasteiger partial charge in [0.2, 0.25) is 0 Å². The van der Waals surface area contributed by atoms with Crippen LogP contribution in [0.2, 0.25) is 0 Å². The van der Waals surface area contributed by atoms with Crippen molar-refractivity contribution in [1.29, 1.82) is 0 Å². The molecule has 5 aromatic carbocycles. The first-order valence-electron chi connectivity index (χ1n) is 13.1. The van der Waals surface area contributed by atoms with Crippen LogP contribution in [-0.2, 0) is 0 Å². The molecule has 0 saturated carbocycles. The van der Waals surface area contributed by atoms with Gasteiger partial charge in [0.05, 0.1) is 27.9 Å². The van der Waals surface area contributed by atoms with Crippen molar-refractivity contribution in [2.75, 3.05) is 0 Å². The molecule has 0 spiro atoms. The van der Waals surface area contributed by atoms with Crippen molar-refractivity contribution in [2.45, 2.75) is 6.04 Å². The number of fused-ring (bicyclic) bond motifs is 6. The normalized spacial score (nSPS) is 14.7. The Balaban J connectivity index is 1.53. The Labute approximate surface area is 220 Å². The van der Waals surface area contributed by atoms with Crippen LogP contribution in [0.1, 0.15) is 11.6 Å². The number of aromatic nitrogens is 2. The van der Waals surface area contributed by atoms with Crippen LogP contribution in [-0.4, -0.2) is 9.13 Å². The Kier molecular flexibility index (Phi) is 4.58. The molecule has 0 amide bonds. The van der Waals surface area contributed by atoms with Crippen molar-refractivity contribution in [1.82, 2.24) is 14.5 Å². The molecule has 7 aromatic rings. The second kappa shape index (κ2) is 8.25. The molecule has 180 valence electrons. The van der Waals surface area contributed by atoms with Crippen LogP contribution in [0.15, 0.2) is 127 Å². The van der Waals surface area contributed by atoms with Gasteiger partial charge in [-0.3, -0.25) is 0 Å². The van der Waals surface area contributed by atoms with E-state index in [4.69, 9.17) is 0 Å². The zero-order valence-electron chi connectivity index (χ0n) is 20.8. The van der Waals surface area contributed by atoms with Gasteiger partial charge >= 0.3 is 0 Å². The molecule has 1 unspecified atom stereocenters. The summed E-state index contributed by atoms with van der Waals surface area (Å²) in [5, 5.41) is 9.92. The topological polar surface area (TPSA) is 21.9 Å². The van der Waals surface area contributed by atoms with E-state index in [9.17, 15) is 0 Å². The van der Waals surface area contributed by atoms with E-state index >= 15 is 0 Å². The minimum Gasteiger partial charge on any atom is -0.379 e. The van der Waals surface area contributed by atoms with Crippen molar-refractivity contribution < 1.29 is 0 Å². The van der Waals surface area contributed by atoms with Crippen LogP contribution < -0.4 is 15.9 Å². The highest BCUT2D eigenvalue weighted by atomic mass is 15.0. The number of benzene rings is 5. The standard InChI is InChI=1S/C35H25N3/c1-4-12-24(13-5-1)31-21-30-29-20-28-27-18-10-11-19-32(27)37(25-14-6-2-7-15-25)33(28)22-34(29)38(35(30)23-36-31)26-16-8-3-9-17-26/h1-23,31,36H. The molecular formula is C35H25N3. The van der Waals surface area contributed by atoms with Crippen LogP contribution in [0, 0.1) is 0 Å². The number of rotatable bonds is 3. The SMILES string of the molecule is C1=c2c(n(-c3ccccc3)c3cc4c(cc23)c2ccccc2n4-c2ccccc2)=CNC1c1ccccc1. The van der Waals surface area contributed by atoms with Crippen molar-refractivity contribution in [2.24, 2.45) is 0 Å². The molecule has 1 aliphatic rings. The van der Waals surface area contributed by atoms with Gasteiger partial charge in [-0.2, -0.15) is 0 Å². The highest BCUT2D eigenvalue weighted by Gasteiger charge is 2.19. The van der Waals surface area contributed by atoms with Crippen LogP contribution in [0.5, 0.6) is 0 Å². The fourth-order valence-corrected chi connectivity index (χ4v) is 6.06. The zero-order valence-corrected chi connectivity index (χ0v) is 20.8. The summed E-state index contributed by atoms with van der Waals surface area (Å²) in [6.45, 7) is 0. The third-order valence-electron chi connectivity index (χ3n) is 7.76. The Morgan fingerprint density at radius 1 is 0.500 bits per heavy atom. The molecule has 38 heavy (non-hydrogen) atoms. The van der Waals surface area contributed by atoms with Gasteiger partial charge in [0.25, 0.3) is 0 Å². The monoisotopic (exact) mass is 487 g/mol. The summed E-state index contributed by atoms with van der Waals surface area (Å²) in [6.07, 6.45) is 4.57. The van der Waals surface area contributed by atoms with E-state index < -0.39 is 0 Å². The van der Waals surface area contributed by atoms with Gasteiger partial charge in [-0.1, -0.05) is 84.9 Å². The summed E-state index contributed by atoms with van der Waals surface area (Å²) in [5.74, 6) is 0. The lowest BCUT2D eigenvalue weighted by atomic mass is 10.0. The summed E-state index contributed by atoms with van der Waals surface area (Å²) in [5.41, 5.74) is 7.23. The van der Waals surface area contributed by atoms with E-state index in [-0.39, 0.29) is 6.04 Å². The van der Waals surface area contributed by atoms with Crippen molar-refractivity contribution >= 4 is 45.0 Å². The van der Waals surface area contributed by atoms with E-state index in [0.717, 1.165) is 5.69 Å². The molecule has 2 aromatic heterocycles. The molecular weight excluding hydrogens is 462 g/mol. The molecule has 3 nitrogen and oxygen atoms in total. The Hall–Kier alpha value is -5.02. The number of hydrogen-bond acceptors (Lipinski definition) is 1. The molecule has 1 aliphatic heterocycles.